The van der Waals surface area contributed by atoms with E-state index in [4.69, 9.17) is 0 Å². The Morgan fingerprint density at radius 1 is 1.09 bits per heavy atom. The number of carbonyl (C=O) groups excluding carboxylic acids is 1. The van der Waals surface area contributed by atoms with Gasteiger partial charge < -0.3 is 4.90 Å². The quantitative estimate of drug-likeness (QED) is 0.724. The predicted molar refractivity (Wildman–Crippen MR) is 81.3 cm³/mol. The molecule has 1 atom stereocenters. The maximum atomic E-state index is 12.6. The third-order valence-electron chi connectivity index (χ3n) is 4.03. The third-order valence-corrected chi connectivity index (χ3v) is 4.03. The van der Waals surface area contributed by atoms with Crippen molar-refractivity contribution < 1.29 is 4.79 Å². The molecule has 0 radical (unpaired) electrons. The molecule has 4 rings (SSSR count). The molecule has 0 bridgehead atoms. The van der Waals surface area contributed by atoms with Crippen LogP contribution in [0.15, 0.2) is 48.8 Å². The van der Waals surface area contributed by atoms with Crippen molar-refractivity contribution in [1.29, 1.82) is 0 Å². The van der Waals surface area contributed by atoms with Gasteiger partial charge in [0.25, 0.3) is 5.91 Å². The standard InChI is InChI=1S/C16H15N5O/c22-16(15-6-5-12-3-1-2-4-14(12)19-15)20-10-7-13(11-20)21-17-8-9-18-21/h1-6,8-9,13H,7,10-11H2. The molecule has 2 aromatic heterocycles. The summed E-state index contributed by atoms with van der Waals surface area (Å²) in [5, 5.41) is 9.36. The molecule has 0 spiro atoms. The van der Waals surface area contributed by atoms with E-state index in [-0.39, 0.29) is 11.9 Å². The Bertz CT molecular complexity index is 814. The summed E-state index contributed by atoms with van der Waals surface area (Å²) >= 11 is 0. The Balaban J connectivity index is 1.56. The Morgan fingerprint density at radius 2 is 1.91 bits per heavy atom. The summed E-state index contributed by atoms with van der Waals surface area (Å²) in [6, 6.07) is 11.7. The molecule has 1 amide bonds. The monoisotopic (exact) mass is 293 g/mol. The van der Waals surface area contributed by atoms with Gasteiger partial charge in [0.15, 0.2) is 0 Å². The van der Waals surface area contributed by atoms with Gasteiger partial charge in [0.1, 0.15) is 5.69 Å². The fourth-order valence-corrected chi connectivity index (χ4v) is 2.88. The number of amides is 1. The van der Waals surface area contributed by atoms with Crippen LogP contribution in [0, 0.1) is 0 Å². The van der Waals surface area contributed by atoms with E-state index in [2.05, 4.69) is 15.2 Å². The molecule has 0 N–H and O–H groups in total. The van der Waals surface area contributed by atoms with Crippen LogP contribution in [0.2, 0.25) is 0 Å². The predicted octanol–water partition coefficient (Wildman–Crippen LogP) is 1.91. The van der Waals surface area contributed by atoms with Gasteiger partial charge in [-0.15, -0.1) is 0 Å². The fourth-order valence-electron chi connectivity index (χ4n) is 2.88. The highest BCUT2D eigenvalue weighted by Crippen LogP contribution is 2.22. The lowest BCUT2D eigenvalue weighted by molar-refractivity contribution is 0.0781. The van der Waals surface area contributed by atoms with Crippen molar-refractivity contribution in [2.45, 2.75) is 12.5 Å². The first-order chi connectivity index (χ1) is 10.8. The van der Waals surface area contributed by atoms with Crippen LogP contribution in [0.4, 0.5) is 0 Å². The molecule has 3 heterocycles. The summed E-state index contributed by atoms with van der Waals surface area (Å²) in [6.07, 6.45) is 4.19. The largest absolute Gasteiger partial charge is 0.335 e. The summed E-state index contributed by atoms with van der Waals surface area (Å²) in [6.45, 7) is 1.33. The van der Waals surface area contributed by atoms with Crippen molar-refractivity contribution in [2.24, 2.45) is 0 Å². The molecule has 1 saturated heterocycles. The molecule has 1 aliphatic heterocycles. The first-order valence-electron chi connectivity index (χ1n) is 7.32. The lowest BCUT2D eigenvalue weighted by Crippen LogP contribution is -2.30. The molecule has 0 saturated carbocycles. The number of likely N-dealkylation sites (tertiary alicyclic amines) is 1. The van der Waals surface area contributed by atoms with Crippen molar-refractivity contribution in [1.82, 2.24) is 24.9 Å². The van der Waals surface area contributed by atoms with Crippen LogP contribution in [0.1, 0.15) is 23.0 Å². The zero-order valence-electron chi connectivity index (χ0n) is 12.0. The topological polar surface area (TPSA) is 63.9 Å². The maximum Gasteiger partial charge on any atom is 0.272 e. The van der Waals surface area contributed by atoms with Crippen molar-refractivity contribution >= 4 is 16.8 Å². The van der Waals surface area contributed by atoms with Crippen LogP contribution in [0.5, 0.6) is 0 Å². The number of pyridine rings is 1. The van der Waals surface area contributed by atoms with Gasteiger partial charge in [0, 0.05) is 18.5 Å². The van der Waals surface area contributed by atoms with Crippen LogP contribution in [0.25, 0.3) is 10.9 Å². The number of fused-ring (bicyclic) bond motifs is 1. The van der Waals surface area contributed by atoms with E-state index in [1.165, 1.54) is 0 Å². The number of carbonyl (C=O) groups is 1. The number of aromatic nitrogens is 4. The summed E-state index contributed by atoms with van der Waals surface area (Å²) in [5.74, 6) is -0.0274. The summed E-state index contributed by atoms with van der Waals surface area (Å²) in [4.78, 5) is 20.6. The number of nitrogens with zero attached hydrogens (tertiary/aromatic N) is 5. The minimum Gasteiger partial charge on any atom is -0.335 e. The zero-order chi connectivity index (χ0) is 14.9. The average molecular weight is 293 g/mol. The number of hydrogen-bond acceptors (Lipinski definition) is 4. The van der Waals surface area contributed by atoms with Crippen LogP contribution >= 0.6 is 0 Å². The van der Waals surface area contributed by atoms with Gasteiger partial charge in [0.05, 0.1) is 24.0 Å². The van der Waals surface area contributed by atoms with Gasteiger partial charge in [-0.1, -0.05) is 24.3 Å². The van der Waals surface area contributed by atoms with Crippen molar-refractivity contribution in [2.75, 3.05) is 13.1 Å². The number of para-hydroxylation sites is 1. The highest BCUT2D eigenvalue weighted by molar-refractivity contribution is 5.95. The van der Waals surface area contributed by atoms with Crippen LogP contribution in [-0.4, -0.2) is 43.9 Å². The van der Waals surface area contributed by atoms with Gasteiger partial charge >= 0.3 is 0 Å². The van der Waals surface area contributed by atoms with E-state index < -0.39 is 0 Å². The average Bonchev–Trinajstić information content (AvgIpc) is 3.24. The molecular weight excluding hydrogens is 278 g/mol. The van der Waals surface area contributed by atoms with Crippen LogP contribution < -0.4 is 0 Å². The van der Waals surface area contributed by atoms with Crippen molar-refractivity contribution in [3.8, 4) is 0 Å². The number of benzene rings is 1. The van der Waals surface area contributed by atoms with Gasteiger partial charge in [-0.3, -0.25) is 4.79 Å². The second kappa shape index (κ2) is 5.22. The molecule has 0 aliphatic carbocycles. The first kappa shape index (κ1) is 12.9. The van der Waals surface area contributed by atoms with E-state index in [1.807, 2.05) is 35.2 Å². The van der Waals surface area contributed by atoms with E-state index >= 15 is 0 Å². The zero-order valence-corrected chi connectivity index (χ0v) is 12.0. The van der Waals surface area contributed by atoms with E-state index in [9.17, 15) is 4.79 Å². The van der Waals surface area contributed by atoms with E-state index in [0.29, 0.717) is 18.8 Å². The molecule has 6 heteroatoms. The Labute approximate surface area is 127 Å². The molecule has 110 valence electrons. The van der Waals surface area contributed by atoms with Crippen molar-refractivity contribution in [3.05, 3.63) is 54.5 Å². The fraction of sp³-hybridized carbons (Fsp3) is 0.250. The Kier molecular flexibility index (Phi) is 3.07. The molecular formula is C16H15N5O. The van der Waals surface area contributed by atoms with Gasteiger partial charge in [-0.05, 0) is 18.6 Å². The van der Waals surface area contributed by atoms with E-state index in [0.717, 1.165) is 17.3 Å². The van der Waals surface area contributed by atoms with Crippen LogP contribution in [-0.2, 0) is 0 Å². The first-order valence-corrected chi connectivity index (χ1v) is 7.32. The third kappa shape index (κ3) is 2.22. The lowest BCUT2D eigenvalue weighted by Gasteiger charge is -2.16. The minimum atomic E-state index is -0.0274. The highest BCUT2D eigenvalue weighted by atomic mass is 16.2. The normalized spacial score (nSPS) is 18.0. The van der Waals surface area contributed by atoms with Gasteiger partial charge in [-0.25, -0.2) is 4.98 Å². The van der Waals surface area contributed by atoms with Crippen LogP contribution in [0.3, 0.4) is 0 Å². The number of hydrogen-bond donors (Lipinski definition) is 0. The summed E-state index contributed by atoms with van der Waals surface area (Å²) in [5.41, 5.74) is 1.34. The molecule has 22 heavy (non-hydrogen) atoms. The molecule has 1 aromatic carbocycles. The second-order valence-corrected chi connectivity index (χ2v) is 5.43. The van der Waals surface area contributed by atoms with Crippen molar-refractivity contribution in [3.63, 3.8) is 0 Å². The number of rotatable bonds is 2. The molecule has 1 aliphatic rings. The smallest absolute Gasteiger partial charge is 0.272 e. The summed E-state index contributed by atoms with van der Waals surface area (Å²) in [7, 11) is 0. The molecule has 3 aromatic rings. The molecule has 6 nitrogen and oxygen atoms in total. The SMILES string of the molecule is O=C(c1ccc2ccccc2n1)N1CCC(n2nccn2)C1. The second-order valence-electron chi connectivity index (χ2n) is 5.43. The molecule has 1 unspecified atom stereocenters. The minimum absolute atomic E-state index is 0.0274. The molecule has 1 fully saturated rings. The highest BCUT2D eigenvalue weighted by Gasteiger charge is 2.29. The summed E-state index contributed by atoms with van der Waals surface area (Å²) < 4.78 is 0. The Hall–Kier alpha value is -2.76. The lowest BCUT2D eigenvalue weighted by atomic mass is 10.2. The van der Waals surface area contributed by atoms with Gasteiger partial charge in [-0.2, -0.15) is 15.0 Å². The van der Waals surface area contributed by atoms with E-state index in [1.54, 1.807) is 23.3 Å². The van der Waals surface area contributed by atoms with Gasteiger partial charge in [0.2, 0.25) is 0 Å². The Morgan fingerprint density at radius 3 is 2.77 bits per heavy atom. The maximum absolute atomic E-state index is 12.6.